The molecule has 1 amide bonds. The minimum Gasteiger partial charge on any atom is -0.331 e. The Morgan fingerprint density at radius 1 is 1.06 bits per heavy atom. The van der Waals surface area contributed by atoms with Crippen molar-refractivity contribution in [2.45, 2.75) is 6.42 Å². The lowest BCUT2D eigenvalue weighted by Gasteiger charge is -2.01. The third-order valence-corrected chi connectivity index (χ3v) is 5.29. The summed E-state index contributed by atoms with van der Waals surface area (Å²) >= 11 is 0. The summed E-state index contributed by atoms with van der Waals surface area (Å²) in [6.07, 6.45) is 7.06. The first-order chi connectivity index (χ1) is 16.2. The van der Waals surface area contributed by atoms with Crippen LogP contribution in [0.1, 0.15) is 11.4 Å². The predicted molar refractivity (Wildman–Crippen MR) is 127 cm³/mol. The molecular formula is C25H21N7O. The van der Waals surface area contributed by atoms with E-state index in [1.165, 1.54) is 0 Å². The highest BCUT2D eigenvalue weighted by atomic mass is 16.2. The smallest absolute Gasteiger partial charge is 0.247 e. The van der Waals surface area contributed by atoms with Gasteiger partial charge in [-0.15, -0.1) is 0 Å². The van der Waals surface area contributed by atoms with E-state index in [0.717, 1.165) is 33.5 Å². The number of aryl methyl sites for hydroxylation is 1. The second-order valence-corrected chi connectivity index (χ2v) is 7.50. The maximum Gasteiger partial charge on any atom is 0.247 e. The molecule has 33 heavy (non-hydrogen) atoms. The van der Waals surface area contributed by atoms with Gasteiger partial charge < -0.3 is 4.57 Å². The highest BCUT2D eigenvalue weighted by Gasteiger charge is 2.13. The molecule has 0 aliphatic heterocycles. The number of hydrogen-bond acceptors (Lipinski definition) is 5. The van der Waals surface area contributed by atoms with Crippen molar-refractivity contribution in [1.82, 2.24) is 29.7 Å². The summed E-state index contributed by atoms with van der Waals surface area (Å²) in [5.41, 5.74) is 7.72. The number of para-hydroxylation sites is 3. The molecule has 0 spiro atoms. The molecule has 0 bridgehead atoms. The first kappa shape index (κ1) is 20.3. The van der Waals surface area contributed by atoms with Crippen molar-refractivity contribution in [1.29, 1.82) is 0 Å². The van der Waals surface area contributed by atoms with Crippen molar-refractivity contribution in [3.05, 3.63) is 96.7 Å². The van der Waals surface area contributed by atoms with E-state index in [1.54, 1.807) is 23.3 Å². The Bertz CT molecular complexity index is 1440. The van der Waals surface area contributed by atoms with Gasteiger partial charge >= 0.3 is 0 Å². The number of pyridine rings is 1. The molecule has 3 heterocycles. The maximum atomic E-state index is 12.5. The molecule has 5 rings (SSSR count). The number of benzene rings is 2. The second-order valence-electron chi connectivity index (χ2n) is 7.50. The van der Waals surface area contributed by atoms with Crippen molar-refractivity contribution in [3.63, 3.8) is 0 Å². The van der Waals surface area contributed by atoms with Crippen molar-refractivity contribution < 1.29 is 4.79 Å². The first-order valence-electron chi connectivity index (χ1n) is 10.5. The van der Waals surface area contributed by atoms with Gasteiger partial charge in [0, 0.05) is 36.8 Å². The van der Waals surface area contributed by atoms with E-state index in [-0.39, 0.29) is 12.3 Å². The van der Waals surface area contributed by atoms with Gasteiger partial charge in [-0.1, -0.05) is 30.3 Å². The van der Waals surface area contributed by atoms with Gasteiger partial charge in [-0.25, -0.2) is 15.1 Å². The molecular weight excluding hydrogens is 414 g/mol. The van der Waals surface area contributed by atoms with Crippen LogP contribution in [-0.4, -0.2) is 36.4 Å². The first-order valence-corrected chi connectivity index (χ1v) is 10.5. The van der Waals surface area contributed by atoms with Gasteiger partial charge in [-0.2, -0.15) is 10.2 Å². The number of hydrazone groups is 1. The molecule has 5 aromatic rings. The van der Waals surface area contributed by atoms with Gasteiger partial charge in [0.15, 0.2) is 0 Å². The third kappa shape index (κ3) is 4.27. The Hall–Kier alpha value is -4.59. The summed E-state index contributed by atoms with van der Waals surface area (Å²) < 4.78 is 3.70. The summed E-state index contributed by atoms with van der Waals surface area (Å²) in [6.45, 7) is 0. The Labute approximate surface area is 190 Å². The number of aromatic nitrogens is 5. The number of carbonyl (C=O) groups is 1. The molecule has 8 heteroatoms. The standard InChI is InChI=1S/C25H21N7O/c1-31-22-12-6-5-11-21(22)28-23(31)14-24(33)29-27-16-19-17-32(20-9-3-2-4-10-20)30-25(19)18-8-7-13-26-15-18/h2-13,15-17H,14H2,1H3,(H,29,33)/b27-16+. The monoisotopic (exact) mass is 435 g/mol. The fourth-order valence-electron chi connectivity index (χ4n) is 3.63. The van der Waals surface area contributed by atoms with Crippen molar-refractivity contribution >= 4 is 23.2 Å². The van der Waals surface area contributed by atoms with Gasteiger partial charge in [0.05, 0.1) is 29.4 Å². The molecule has 2 aromatic carbocycles. The van der Waals surface area contributed by atoms with Gasteiger partial charge in [0.2, 0.25) is 5.91 Å². The zero-order valence-corrected chi connectivity index (χ0v) is 18.0. The molecule has 0 aliphatic rings. The molecule has 0 fully saturated rings. The zero-order valence-electron chi connectivity index (χ0n) is 18.0. The number of nitrogens with zero attached hydrogens (tertiary/aromatic N) is 6. The fourth-order valence-corrected chi connectivity index (χ4v) is 3.63. The number of carbonyl (C=O) groups excluding carboxylic acids is 1. The summed E-state index contributed by atoms with van der Waals surface area (Å²) in [5, 5.41) is 8.89. The molecule has 0 saturated carbocycles. The Kier molecular flexibility index (Phi) is 5.47. The van der Waals surface area contributed by atoms with Crippen molar-refractivity contribution in [2.24, 2.45) is 12.1 Å². The van der Waals surface area contributed by atoms with Crippen LogP contribution >= 0.6 is 0 Å². The van der Waals surface area contributed by atoms with Crippen LogP contribution in [0.25, 0.3) is 28.0 Å². The lowest BCUT2D eigenvalue weighted by Crippen LogP contribution is -2.21. The molecule has 1 N–H and O–H groups in total. The van der Waals surface area contributed by atoms with E-state index in [9.17, 15) is 4.79 Å². The average Bonchev–Trinajstić information content (AvgIpc) is 3.42. The van der Waals surface area contributed by atoms with Crippen LogP contribution in [0, 0.1) is 0 Å². The minimum atomic E-state index is -0.247. The average molecular weight is 435 g/mol. The van der Waals surface area contributed by atoms with Crippen LogP contribution in [-0.2, 0) is 18.3 Å². The van der Waals surface area contributed by atoms with Crippen LogP contribution in [0.5, 0.6) is 0 Å². The highest BCUT2D eigenvalue weighted by Crippen LogP contribution is 2.21. The second kappa shape index (κ2) is 8.88. The van der Waals surface area contributed by atoms with Crippen LogP contribution in [0.15, 0.2) is 90.4 Å². The Morgan fingerprint density at radius 2 is 1.88 bits per heavy atom. The van der Waals surface area contributed by atoms with E-state index >= 15 is 0 Å². The van der Waals surface area contributed by atoms with Gasteiger partial charge in [0.25, 0.3) is 0 Å². The molecule has 8 nitrogen and oxygen atoms in total. The van der Waals surface area contributed by atoms with Gasteiger partial charge in [-0.05, 0) is 36.4 Å². The molecule has 0 aliphatic carbocycles. The van der Waals surface area contributed by atoms with Crippen molar-refractivity contribution in [3.8, 4) is 16.9 Å². The largest absolute Gasteiger partial charge is 0.331 e. The maximum absolute atomic E-state index is 12.5. The van der Waals surface area contributed by atoms with Crippen LogP contribution < -0.4 is 5.43 Å². The molecule has 0 atom stereocenters. The van der Waals surface area contributed by atoms with Gasteiger partial charge in [-0.3, -0.25) is 9.78 Å². The normalized spacial score (nSPS) is 11.3. The van der Waals surface area contributed by atoms with E-state index in [1.807, 2.05) is 84.5 Å². The van der Waals surface area contributed by atoms with E-state index in [2.05, 4.69) is 20.5 Å². The Balaban J connectivity index is 1.36. The quantitative estimate of drug-likeness (QED) is 0.326. The van der Waals surface area contributed by atoms with Crippen LogP contribution in [0.2, 0.25) is 0 Å². The number of hydrogen-bond donors (Lipinski definition) is 1. The molecule has 0 saturated heterocycles. The number of rotatable bonds is 6. The lowest BCUT2D eigenvalue weighted by molar-refractivity contribution is -0.120. The van der Waals surface area contributed by atoms with E-state index in [4.69, 9.17) is 5.10 Å². The van der Waals surface area contributed by atoms with E-state index < -0.39 is 0 Å². The molecule has 0 unspecified atom stereocenters. The molecule has 162 valence electrons. The number of amides is 1. The summed E-state index contributed by atoms with van der Waals surface area (Å²) in [5.74, 6) is 0.430. The third-order valence-electron chi connectivity index (χ3n) is 5.29. The Morgan fingerprint density at radius 3 is 2.67 bits per heavy atom. The number of fused-ring (bicyclic) bond motifs is 1. The summed E-state index contributed by atoms with van der Waals surface area (Å²) in [4.78, 5) is 21.2. The molecule has 3 aromatic heterocycles. The number of imidazole rings is 1. The predicted octanol–water partition coefficient (Wildman–Crippen LogP) is 3.51. The van der Waals surface area contributed by atoms with Crippen LogP contribution in [0.4, 0.5) is 0 Å². The highest BCUT2D eigenvalue weighted by molar-refractivity contribution is 5.89. The fraction of sp³-hybridized carbons (Fsp3) is 0.0800. The topological polar surface area (TPSA) is 90.0 Å². The van der Waals surface area contributed by atoms with E-state index in [0.29, 0.717) is 5.82 Å². The van der Waals surface area contributed by atoms with Crippen LogP contribution in [0.3, 0.4) is 0 Å². The summed E-state index contributed by atoms with van der Waals surface area (Å²) in [6, 6.07) is 21.4. The SMILES string of the molecule is Cn1c(CC(=O)N/N=C/c2cn(-c3ccccc3)nc2-c2cccnc2)nc2ccccc21. The zero-order chi connectivity index (χ0) is 22.6. The van der Waals surface area contributed by atoms with Crippen molar-refractivity contribution in [2.75, 3.05) is 0 Å². The number of nitrogens with one attached hydrogen (secondary N) is 1. The lowest BCUT2D eigenvalue weighted by atomic mass is 10.1. The molecule has 0 radical (unpaired) electrons. The van der Waals surface area contributed by atoms with Gasteiger partial charge in [0.1, 0.15) is 11.5 Å². The summed E-state index contributed by atoms with van der Waals surface area (Å²) in [7, 11) is 1.90. The minimum absolute atomic E-state index is 0.126.